The molecule has 2 N–H and O–H groups in total. The van der Waals surface area contributed by atoms with Crippen LogP contribution in [0.15, 0.2) is 46.0 Å². The van der Waals surface area contributed by atoms with Crippen LogP contribution in [0.3, 0.4) is 0 Å². The third-order valence-electron chi connectivity index (χ3n) is 3.39. The van der Waals surface area contributed by atoms with Crippen molar-refractivity contribution >= 4 is 21.4 Å². The molecular formula is C15H20N2O2S2. The van der Waals surface area contributed by atoms with Gasteiger partial charge in [-0.25, -0.2) is 13.1 Å². The van der Waals surface area contributed by atoms with Gasteiger partial charge in [0.2, 0.25) is 10.0 Å². The van der Waals surface area contributed by atoms with Crippen LogP contribution in [0.5, 0.6) is 0 Å². The third-order valence-corrected chi connectivity index (χ3v) is 5.58. The summed E-state index contributed by atoms with van der Waals surface area (Å²) in [6.45, 7) is 2.40. The fourth-order valence-electron chi connectivity index (χ4n) is 1.97. The van der Waals surface area contributed by atoms with Crippen molar-refractivity contribution in [1.82, 2.24) is 10.0 Å². The molecule has 6 heteroatoms. The summed E-state index contributed by atoms with van der Waals surface area (Å²) in [5, 5.41) is 7.13. The zero-order valence-corrected chi connectivity index (χ0v) is 13.8. The highest BCUT2D eigenvalue weighted by Gasteiger charge is 2.15. The van der Waals surface area contributed by atoms with Crippen LogP contribution in [0.25, 0.3) is 0 Å². The Morgan fingerprint density at radius 3 is 2.76 bits per heavy atom. The lowest BCUT2D eigenvalue weighted by atomic mass is 10.1. The Labute approximate surface area is 130 Å². The van der Waals surface area contributed by atoms with E-state index < -0.39 is 10.0 Å². The van der Waals surface area contributed by atoms with E-state index in [1.165, 1.54) is 0 Å². The monoisotopic (exact) mass is 324 g/mol. The Hall–Kier alpha value is -1.21. The molecule has 1 aromatic carbocycles. The summed E-state index contributed by atoms with van der Waals surface area (Å²) in [6.07, 6.45) is 0.704. The average molecular weight is 324 g/mol. The Kier molecular flexibility index (Phi) is 5.52. The standard InChI is InChI=1S/C15H20N2O2S2/c1-12(16-2)14-4-3-5-15(10-14)21(18,19)17-8-6-13-7-9-20-11-13/h3-5,7,9-12,16-17H,6,8H2,1-2H3. The van der Waals surface area contributed by atoms with Crippen molar-refractivity contribution in [2.75, 3.05) is 13.6 Å². The first-order chi connectivity index (χ1) is 10.0. The molecule has 1 unspecified atom stereocenters. The van der Waals surface area contributed by atoms with Gasteiger partial charge in [0.15, 0.2) is 0 Å². The summed E-state index contributed by atoms with van der Waals surface area (Å²) in [5.41, 5.74) is 2.11. The van der Waals surface area contributed by atoms with Gasteiger partial charge >= 0.3 is 0 Å². The van der Waals surface area contributed by atoms with Gasteiger partial charge in [0.1, 0.15) is 0 Å². The number of thiophene rings is 1. The zero-order chi connectivity index (χ0) is 15.3. The normalized spacial score (nSPS) is 13.2. The summed E-state index contributed by atoms with van der Waals surface area (Å²) in [6, 6.07) is 9.16. The molecule has 1 atom stereocenters. The van der Waals surface area contributed by atoms with E-state index in [-0.39, 0.29) is 6.04 Å². The van der Waals surface area contributed by atoms with E-state index in [0.29, 0.717) is 17.9 Å². The molecule has 21 heavy (non-hydrogen) atoms. The predicted molar refractivity (Wildman–Crippen MR) is 87.1 cm³/mol. The lowest BCUT2D eigenvalue weighted by Gasteiger charge is -2.12. The Bertz CT molecular complexity index is 667. The number of hydrogen-bond donors (Lipinski definition) is 2. The highest BCUT2D eigenvalue weighted by molar-refractivity contribution is 7.89. The van der Waals surface area contributed by atoms with E-state index >= 15 is 0 Å². The van der Waals surface area contributed by atoms with Gasteiger partial charge in [0, 0.05) is 12.6 Å². The summed E-state index contributed by atoms with van der Waals surface area (Å²) in [4.78, 5) is 0.312. The number of rotatable bonds is 7. The maximum absolute atomic E-state index is 12.3. The highest BCUT2D eigenvalue weighted by atomic mass is 32.2. The van der Waals surface area contributed by atoms with Crippen molar-refractivity contribution in [3.63, 3.8) is 0 Å². The maximum Gasteiger partial charge on any atom is 0.240 e. The quantitative estimate of drug-likeness (QED) is 0.823. The van der Waals surface area contributed by atoms with Gasteiger partial charge in [-0.15, -0.1) is 0 Å². The van der Waals surface area contributed by atoms with E-state index in [4.69, 9.17) is 0 Å². The third kappa shape index (κ3) is 4.38. The molecule has 0 radical (unpaired) electrons. The Balaban J connectivity index is 2.05. The van der Waals surface area contributed by atoms with E-state index in [0.717, 1.165) is 11.1 Å². The molecule has 0 fully saturated rings. The second-order valence-corrected chi connectivity index (χ2v) is 7.41. The van der Waals surface area contributed by atoms with E-state index in [9.17, 15) is 8.42 Å². The summed E-state index contributed by atoms with van der Waals surface area (Å²) < 4.78 is 27.2. The average Bonchev–Trinajstić information content (AvgIpc) is 2.99. The van der Waals surface area contributed by atoms with Crippen LogP contribution in [0, 0.1) is 0 Å². The molecule has 0 spiro atoms. The summed E-state index contributed by atoms with van der Waals surface area (Å²) >= 11 is 1.62. The van der Waals surface area contributed by atoms with Crippen LogP contribution in [-0.2, 0) is 16.4 Å². The van der Waals surface area contributed by atoms with Crippen molar-refractivity contribution in [2.45, 2.75) is 24.3 Å². The summed E-state index contributed by atoms with van der Waals surface area (Å²) in [5.74, 6) is 0. The van der Waals surface area contributed by atoms with Gasteiger partial charge in [0.05, 0.1) is 4.90 Å². The molecule has 0 aliphatic rings. The Morgan fingerprint density at radius 2 is 2.10 bits per heavy atom. The zero-order valence-electron chi connectivity index (χ0n) is 12.2. The minimum absolute atomic E-state index is 0.117. The first kappa shape index (κ1) is 16.2. The van der Waals surface area contributed by atoms with Crippen molar-refractivity contribution in [3.05, 3.63) is 52.2 Å². The lowest BCUT2D eigenvalue weighted by molar-refractivity contribution is 0.581. The molecule has 1 aromatic heterocycles. The van der Waals surface area contributed by atoms with Crippen LogP contribution in [-0.4, -0.2) is 22.0 Å². The van der Waals surface area contributed by atoms with Gasteiger partial charge in [-0.1, -0.05) is 12.1 Å². The minimum atomic E-state index is -3.45. The van der Waals surface area contributed by atoms with Crippen LogP contribution in [0.1, 0.15) is 24.1 Å². The van der Waals surface area contributed by atoms with Crippen molar-refractivity contribution in [1.29, 1.82) is 0 Å². The van der Waals surface area contributed by atoms with Crippen LogP contribution in [0.2, 0.25) is 0 Å². The molecule has 0 saturated heterocycles. The van der Waals surface area contributed by atoms with Crippen molar-refractivity contribution in [2.24, 2.45) is 0 Å². The van der Waals surface area contributed by atoms with Crippen LogP contribution < -0.4 is 10.0 Å². The second kappa shape index (κ2) is 7.17. The highest BCUT2D eigenvalue weighted by Crippen LogP contribution is 2.17. The molecule has 4 nitrogen and oxygen atoms in total. The molecule has 2 aromatic rings. The molecule has 0 bridgehead atoms. The SMILES string of the molecule is CNC(C)c1cccc(S(=O)(=O)NCCc2ccsc2)c1. The van der Waals surface area contributed by atoms with E-state index in [2.05, 4.69) is 10.0 Å². The molecule has 0 saturated carbocycles. The molecule has 0 aliphatic carbocycles. The van der Waals surface area contributed by atoms with Crippen molar-refractivity contribution < 1.29 is 8.42 Å². The van der Waals surface area contributed by atoms with Crippen LogP contribution in [0.4, 0.5) is 0 Å². The van der Waals surface area contributed by atoms with Gasteiger partial charge in [0.25, 0.3) is 0 Å². The van der Waals surface area contributed by atoms with Gasteiger partial charge in [-0.3, -0.25) is 0 Å². The minimum Gasteiger partial charge on any atom is -0.313 e. The molecule has 2 rings (SSSR count). The molecule has 0 amide bonds. The fraction of sp³-hybridized carbons (Fsp3) is 0.333. The maximum atomic E-state index is 12.3. The number of hydrogen-bond acceptors (Lipinski definition) is 4. The largest absolute Gasteiger partial charge is 0.313 e. The molecule has 114 valence electrons. The van der Waals surface area contributed by atoms with Gasteiger partial charge in [-0.2, -0.15) is 11.3 Å². The van der Waals surface area contributed by atoms with E-state index in [1.807, 2.05) is 36.9 Å². The topological polar surface area (TPSA) is 58.2 Å². The first-order valence-electron chi connectivity index (χ1n) is 6.81. The van der Waals surface area contributed by atoms with Gasteiger partial charge < -0.3 is 5.32 Å². The van der Waals surface area contributed by atoms with Crippen molar-refractivity contribution in [3.8, 4) is 0 Å². The predicted octanol–water partition coefficient (Wildman–Crippen LogP) is 2.55. The smallest absolute Gasteiger partial charge is 0.240 e. The van der Waals surface area contributed by atoms with E-state index in [1.54, 1.807) is 29.5 Å². The Morgan fingerprint density at radius 1 is 1.29 bits per heavy atom. The summed E-state index contributed by atoms with van der Waals surface area (Å²) in [7, 11) is -1.60. The second-order valence-electron chi connectivity index (χ2n) is 4.86. The molecule has 1 heterocycles. The fourth-order valence-corrected chi connectivity index (χ4v) is 3.76. The first-order valence-corrected chi connectivity index (χ1v) is 9.23. The molecular weight excluding hydrogens is 304 g/mol. The van der Waals surface area contributed by atoms with Gasteiger partial charge in [-0.05, 0) is 60.5 Å². The number of sulfonamides is 1. The van der Waals surface area contributed by atoms with Crippen LogP contribution >= 0.6 is 11.3 Å². The molecule has 0 aliphatic heterocycles. The lowest BCUT2D eigenvalue weighted by Crippen LogP contribution is -2.26. The number of benzene rings is 1. The number of nitrogens with one attached hydrogen (secondary N) is 2.